The Morgan fingerprint density at radius 3 is 2.25 bits per heavy atom. The van der Waals surface area contributed by atoms with Crippen LogP contribution in [0.4, 0.5) is 0 Å². The second kappa shape index (κ2) is 5.37. The number of hydrogen-bond acceptors (Lipinski definition) is 4. The SMILES string of the molecule is C=CN1CC2(C1)CN(C(=O)CN1CCN(CC)CC1)C2. The van der Waals surface area contributed by atoms with Gasteiger partial charge in [0, 0.05) is 57.8 Å². The molecule has 5 heteroatoms. The van der Waals surface area contributed by atoms with Crippen molar-refractivity contribution in [2.24, 2.45) is 5.41 Å². The first kappa shape index (κ1) is 13.9. The van der Waals surface area contributed by atoms with E-state index in [1.54, 1.807) is 0 Å². The maximum Gasteiger partial charge on any atom is 0.236 e. The summed E-state index contributed by atoms with van der Waals surface area (Å²) < 4.78 is 0. The van der Waals surface area contributed by atoms with Crippen molar-refractivity contribution < 1.29 is 4.79 Å². The van der Waals surface area contributed by atoms with Gasteiger partial charge >= 0.3 is 0 Å². The van der Waals surface area contributed by atoms with E-state index in [9.17, 15) is 4.79 Å². The van der Waals surface area contributed by atoms with Crippen molar-refractivity contribution in [3.63, 3.8) is 0 Å². The van der Waals surface area contributed by atoms with Crippen LogP contribution in [0.3, 0.4) is 0 Å². The summed E-state index contributed by atoms with van der Waals surface area (Å²) in [6, 6.07) is 0. The fraction of sp³-hybridized carbons (Fsp3) is 0.800. The van der Waals surface area contributed by atoms with E-state index in [4.69, 9.17) is 0 Å². The number of likely N-dealkylation sites (N-methyl/N-ethyl adjacent to an activating group) is 1. The Morgan fingerprint density at radius 2 is 1.70 bits per heavy atom. The van der Waals surface area contributed by atoms with Gasteiger partial charge < -0.3 is 14.7 Å². The molecule has 20 heavy (non-hydrogen) atoms. The van der Waals surface area contributed by atoms with E-state index in [-0.39, 0.29) is 0 Å². The highest BCUT2D eigenvalue weighted by Gasteiger charge is 2.52. The molecule has 0 aromatic carbocycles. The molecule has 1 spiro atoms. The first-order valence-corrected chi connectivity index (χ1v) is 7.73. The Labute approximate surface area is 121 Å². The van der Waals surface area contributed by atoms with Gasteiger partial charge in [0.15, 0.2) is 0 Å². The Morgan fingerprint density at radius 1 is 1.10 bits per heavy atom. The largest absolute Gasteiger partial charge is 0.376 e. The third-order valence-electron chi connectivity index (χ3n) is 5.01. The average molecular weight is 278 g/mol. The van der Waals surface area contributed by atoms with E-state index in [1.165, 1.54) is 0 Å². The quantitative estimate of drug-likeness (QED) is 0.719. The molecule has 5 nitrogen and oxygen atoms in total. The molecule has 3 aliphatic rings. The number of amides is 1. The predicted octanol–water partition coefficient (Wildman–Crippen LogP) is -0.0884. The van der Waals surface area contributed by atoms with Gasteiger partial charge in [0.2, 0.25) is 5.91 Å². The van der Waals surface area contributed by atoms with Crippen LogP contribution < -0.4 is 0 Å². The van der Waals surface area contributed by atoms with Crippen LogP contribution >= 0.6 is 0 Å². The normalized spacial score (nSPS) is 26.2. The van der Waals surface area contributed by atoms with Crippen LogP contribution in [0.15, 0.2) is 12.8 Å². The van der Waals surface area contributed by atoms with Crippen molar-refractivity contribution in [1.82, 2.24) is 19.6 Å². The molecule has 0 unspecified atom stereocenters. The summed E-state index contributed by atoms with van der Waals surface area (Å²) in [5.41, 5.74) is 0.394. The number of nitrogens with zero attached hydrogens (tertiary/aromatic N) is 4. The minimum Gasteiger partial charge on any atom is -0.376 e. The Bertz CT molecular complexity index is 375. The molecule has 0 aromatic rings. The predicted molar refractivity (Wildman–Crippen MR) is 79.3 cm³/mol. The molecule has 3 rings (SSSR count). The molecule has 112 valence electrons. The van der Waals surface area contributed by atoms with Gasteiger partial charge in [0.25, 0.3) is 0 Å². The zero-order valence-corrected chi connectivity index (χ0v) is 12.6. The second-order valence-corrected chi connectivity index (χ2v) is 6.55. The van der Waals surface area contributed by atoms with E-state index < -0.39 is 0 Å². The van der Waals surface area contributed by atoms with Gasteiger partial charge in [-0.1, -0.05) is 13.5 Å². The lowest BCUT2D eigenvalue weighted by molar-refractivity contribution is -0.156. The first-order valence-electron chi connectivity index (χ1n) is 7.73. The summed E-state index contributed by atoms with van der Waals surface area (Å²) in [6.07, 6.45) is 1.91. The van der Waals surface area contributed by atoms with Gasteiger partial charge in [-0.25, -0.2) is 0 Å². The van der Waals surface area contributed by atoms with Crippen LogP contribution in [0.2, 0.25) is 0 Å². The van der Waals surface area contributed by atoms with Crippen molar-refractivity contribution in [3.8, 4) is 0 Å². The van der Waals surface area contributed by atoms with Gasteiger partial charge in [-0.2, -0.15) is 0 Å². The van der Waals surface area contributed by atoms with Gasteiger partial charge in [-0.05, 0) is 12.7 Å². The monoisotopic (exact) mass is 278 g/mol. The molecule has 0 saturated carbocycles. The van der Waals surface area contributed by atoms with Crippen LogP contribution in [0.5, 0.6) is 0 Å². The molecule has 3 fully saturated rings. The fourth-order valence-corrected chi connectivity index (χ4v) is 3.64. The second-order valence-electron chi connectivity index (χ2n) is 6.55. The third kappa shape index (κ3) is 2.56. The molecule has 3 saturated heterocycles. The van der Waals surface area contributed by atoms with Crippen molar-refractivity contribution in [2.75, 3.05) is 65.4 Å². The summed E-state index contributed by atoms with van der Waals surface area (Å²) in [7, 11) is 0. The summed E-state index contributed by atoms with van der Waals surface area (Å²) in [6.45, 7) is 16.0. The van der Waals surface area contributed by atoms with Gasteiger partial charge in [-0.15, -0.1) is 0 Å². The molecular formula is C15H26N4O. The van der Waals surface area contributed by atoms with E-state index in [2.05, 4.69) is 28.2 Å². The summed E-state index contributed by atoms with van der Waals surface area (Å²) in [5, 5.41) is 0. The Balaban J connectivity index is 1.38. The van der Waals surface area contributed by atoms with E-state index >= 15 is 0 Å². The summed E-state index contributed by atoms with van der Waals surface area (Å²) >= 11 is 0. The smallest absolute Gasteiger partial charge is 0.236 e. The van der Waals surface area contributed by atoms with Crippen molar-refractivity contribution in [3.05, 3.63) is 12.8 Å². The highest BCUT2D eigenvalue weighted by molar-refractivity contribution is 5.79. The molecule has 0 radical (unpaired) electrons. The van der Waals surface area contributed by atoms with Crippen molar-refractivity contribution in [1.29, 1.82) is 0 Å². The molecule has 0 N–H and O–H groups in total. The lowest BCUT2D eigenvalue weighted by Gasteiger charge is -2.60. The standard InChI is InChI=1S/C15H26N4O/c1-3-16-5-7-18(8-6-16)9-14(20)19-12-15(13-19)10-17(4-2)11-15/h4H,2-3,5-13H2,1H3. The maximum atomic E-state index is 12.3. The number of piperazine rings is 1. The van der Waals surface area contributed by atoms with Crippen molar-refractivity contribution in [2.45, 2.75) is 6.92 Å². The van der Waals surface area contributed by atoms with Gasteiger partial charge in [0.1, 0.15) is 0 Å². The number of rotatable bonds is 4. The van der Waals surface area contributed by atoms with Crippen LogP contribution in [-0.2, 0) is 4.79 Å². The van der Waals surface area contributed by atoms with Crippen LogP contribution in [0.25, 0.3) is 0 Å². The van der Waals surface area contributed by atoms with Crippen LogP contribution in [0, 0.1) is 5.41 Å². The maximum absolute atomic E-state index is 12.3. The topological polar surface area (TPSA) is 30.0 Å². The summed E-state index contributed by atoms with van der Waals surface area (Å²) in [5.74, 6) is 0.317. The molecule has 3 heterocycles. The highest BCUT2D eigenvalue weighted by Crippen LogP contribution is 2.39. The van der Waals surface area contributed by atoms with Crippen LogP contribution in [0.1, 0.15) is 6.92 Å². The Kier molecular flexibility index (Phi) is 3.73. The first-order chi connectivity index (χ1) is 9.64. The van der Waals surface area contributed by atoms with Gasteiger partial charge in [0.05, 0.1) is 6.54 Å². The third-order valence-corrected chi connectivity index (χ3v) is 5.01. The van der Waals surface area contributed by atoms with E-state index in [1.807, 2.05) is 11.1 Å². The number of likely N-dealkylation sites (tertiary alicyclic amines) is 2. The minimum atomic E-state index is 0.317. The molecule has 1 amide bonds. The van der Waals surface area contributed by atoms with Gasteiger partial charge in [-0.3, -0.25) is 9.69 Å². The lowest BCUT2D eigenvalue weighted by Crippen LogP contribution is -2.72. The number of hydrogen-bond donors (Lipinski definition) is 0. The lowest BCUT2D eigenvalue weighted by atomic mass is 9.73. The number of carbonyl (C=O) groups is 1. The average Bonchev–Trinajstić information content (AvgIpc) is 2.37. The molecule has 0 aromatic heterocycles. The number of carbonyl (C=O) groups excluding carboxylic acids is 1. The summed E-state index contributed by atoms with van der Waals surface area (Å²) in [4.78, 5) is 21.3. The molecular weight excluding hydrogens is 252 g/mol. The molecule has 0 aliphatic carbocycles. The zero-order chi connectivity index (χ0) is 14.2. The molecule has 3 aliphatic heterocycles. The van der Waals surface area contributed by atoms with Crippen LogP contribution in [-0.4, -0.2) is 91.0 Å². The highest BCUT2D eigenvalue weighted by atomic mass is 16.2. The van der Waals surface area contributed by atoms with E-state index in [0.29, 0.717) is 17.9 Å². The Hall–Kier alpha value is -1.07. The van der Waals surface area contributed by atoms with E-state index in [0.717, 1.165) is 58.9 Å². The minimum absolute atomic E-state index is 0.317. The fourth-order valence-electron chi connectivity index (χ4n) is 3.64. The zero-order valence-electron chi connectivity index (χ0n) is 12.6. The molecule has 0 bridgehead atoms. The molecule has 0 atom stereocenters. The van der Waals surface area contributed by atoms with Crippen molar-refractivity contribution >= 4 is 5.91 Å².